The zero-order valence-electron chi connectivity index (χ0n) is 10.2. The maximum absolute atomic E-state index is 2.39. The molecule has 0 rings (SSSR count). The summed E-state index contributed by atoms with van der Waals surface area (Å²) in [5, 5.41) is 0.399. The highest BCUT2D eigenvalue weighted by molar-refractivity contribution is 6.15. The molecule has 0 heterocycles. The van der Waals surface area contributed by atoms with Crippen molar-refractivity contribution in [3.05, 3.63) is 0 Å². The fourth-order valence-electron chi connectivity index (χ4n) is 1.52. The minimum atomic E-state index is 0.399. The van der Waals surface area contributed by atoms with Gasteiger partial charge in [0, 0.05) is 0 Å². The lowest BCUT2D eigenvalue weighted by Crippen LogP contribution is -2.35. The highest BCUT2D eigenvalue weighted by Gasteiger charge is 2.38. The lowest BCUT2D eigenvalue weighted by molar-refractivity contribution is 0.124. The predicted molar refractivity (Wildman–Crippen MR) is 60.4 cm³/mol. The summed E-state index contributed by atoms with van der Waals surface area (Å²) in [5.41, 5.74) is 0.418. The normalized spacial score (nSPS) is 16.7. The Labute approximate surface area is 79.5 Å². The fraction of sp³-hybridized carbons (Fsp3) is 1.00. The van der Waals surface area contributed by atoms with E-state index in [0.717, 1.165) is 11.8 Å². The maximum atomic E-state index is 2.39. The minimum absolute atomic E-state index is 0.399. The Kier molecular flexibility index (Phi) is 3.45. The number of hydrogen-bond acceptors (Lipinski definition) is 0. The SMILES string of the molecule is BC(C)(C)C(C)(C)C(C)C(C)C. The smallest absolute Gasteiger partial charge is 0.0667 e. The largest absolute Gasteiger partial charge is 0.109 e. The summed E-state index contributed by atoms with van der Waals surface area (Å²) in [7, 11) is 2.34. The Morgan fingerprint density at radius 3 is 1.33 bits per heavy atom. The van der Waals surface area contributed by atoms with Crippen LogP contribution < -0.4 is 0 Å². The maximum Gasteiger partial charge on any atom is 0.109 e. The minimum Gasteiger partial charge on any atom is -0.0667 e. The van der Waals surface area contributed by atoms with E-state index in [1.807, 2.05) is 0 Å². The van der Waals surface area contributed by atoms with E-state index < -0.39 is 0 Å². The van der Waals surface area contributed by atoms with Gasteiger partial charge in [0.2, 0.25) is 0 Å². The van der Waals surface area contributed by atoms with Crippen molar-refractivity contribution in [2.75, 3.05) is 0 Å². The average molecular weight is 168 g/mol. The van der Waals surface area contributed by atoms with E-state index >= 15 is 0 Å². The van der Waals surface area contributed by atoms with Crippen LogP contribution in [-0.2, 0) is 0 Å². The third-order valence-corrected chi connectivity index (χ3v) is 4.07. The van der Waals surface area contributed by atoms with Crippen molar-refractivity contribution in [1.82, 2.24) is 0 Å². The summed E-state index contributed by atoms with van der Waals surface area (Å²) in [6.45, 7) is 16.5. The summed E-state index contributed by atoms with van der Waals surface area (Å²) < 4.78 is 0. The van der Waals surface area contributed by atoms with Gasteiger partial charge in [-0.3, -0.25) is 0 Å². The molecule has 0 aromatic carbocycles. The standard InChI is InChI=1S/C11H25B/c1-8(2)9(3)10(4,5)11(6,7)12/h8-9H,12H2,1-7H3. The molecule has 0 nitrogen and oxygen atoms in total. The first kappa shape index (κ1) is 12.1. The average Bonchev–Trinajstić information content (AvgIpc) is 1.83. The Morgan fingerprint density at radius 2 is 1.25 bits per heavy atom. The zero-order valence-corrected chi connectivity index (χ0v) is 10.2. The molecule has 0 aliphatic carbocycles. The second-order valence-electron chi connectivity index (χ2n) is 6.00. The van der Waals surface area contributed by atoms with Gasteiger partial charge < -0.3 is 0 Å². The van der Waals surface area contributed by atoms with Gasteiger partial charge in [-0.15, -0.1) is 0 Å². The molecule has 0 radical (unpaired) electrons. The van der Waals surface area contributed by atoms with Gasteiger partial charge in [0.05, 0.1) is 0 Å². The fourth-order valence-corrected chi connectivity index (χ4v) is 1.52. The van der Waals surface area contributed by atoms with Crippen molar-refractivity contribution in [2.24, 2.45) is 17.3 Å². The van der Waals surface area contributed by atoms with Gasteiger partial charge in [-0.1, -0.05) is 53.8 Å². The molecular formula is C11H25B. The van der Waals surface area contributed by atoms with Gasteiger partial charge in [-0.05, 0) is 17.3 Å². The first-order valence-electron chi connectivity index (χ1n) is 5.10. The van der Waals surface area contributed by atoms with E-state index in [-0.39, 0.29) is 0 Å². The van der Waals surface area contributed by atoms with Gasteiger partial charge in [0.25, 0.3) is 0 Å². The first-order chi connectivity index (χ1) is 5.10. The van der Waals surface area contributed by atoms with E-state index in [1.165, 1.54) is 0 Å². The molecule has 1 unspecified atom stereocenters. The highest BCUT2D eigenvalue weighted by Crippen LogP contribution is 2.49. The van der Waals surface area contributed by atoms with Gasteiger partial charge in [0.1, 0.15) is 7.85 Å². The summed E-state index contributed by atoms with van der Waals surface area (Å²) >= 11 is 0. The van der Waals surface area contributed by atoms with Crippen LogP contribution in [0.2, 0.25) is 5.31 Å². The van der Waals surface area contributed by atoms with Crippen molar-refractivity contribution >= 4 is 7.85 Å². The van der Waals surface area contributed by atoms with Crippen LogP contribution in [0.25, 0.3) is 0 Å². The van der Waals surface area contributed by atoms with Crippen LogP contribution in [0.1, 0.15) is 48.5 Å². The van der Waals surface area contributed by atoms with Crippen LogP contribution in [0.5, 0.6) is 0 Å². The molecule has 0 aromatic heterocycles. The van der Waals surface area contributed by atoms with Gasteiger partial charge >= 0.3 is 0 Å². The molecule has 1 atom stereocenters. The van der Waals surface area contributed by atoms with E-state index in [9.17, 15) is 0 Å². The van der Waals surface area contributed by atoms with Crippen molar-refractivity contribution in [3.63, 3.8) is 0 Å². The van der Waals surface area contributed by atoms with Gasteiger partial charge in [-0.25, -0.2) is 0 Å². The highest BCUT2D eigenvalue weighted by atomic mass is 14.4. The lowest BCUT2D eigenvalue weighted by Gasteiger charge is -2.45. The molecule has 0 aliphatic rings. The molecule has 12 heavy (non-hydrogen) atoms. The Hall–Kier alpha value is 0.0649. The quantitative estimate of drug-likeness (QED) is 0.568. The van der Waals surface area contributed by atoms with Gasteiger partial charge in [-0.2, -0.15) is 0 Å². The molecule has 0 fully saturated rings. The third-order valence-electron chi connectivity index (χ3n) is 4.07. The van der Waals surface area contributed by atoms with Crippen molar-refractivity contribution in [1.29, 1.82) is 0 Å². The van der Waals surface area contributed by atoms with E-state index in [2.05, 4.69) is 56.3 Å². The molecule has 0 aliphatic heterocycles. The number of hydrogen-bond donors (Lipinski definition) is 0. The summed E-state index contributed by atoms with van der Waals surface area (Å²) in [4.78, 5) is 0. The van der Waals surface area contributed by atoms with Crippen molar-refractivity contribution in [3.8, 4) is 0 Å². The van der Waals surface area contributed by atoms with Crippen LogP contribution in [0, 0.1) is 17.3 Å². The molecule has 0 N–H and O–H groups in total. The molecule has 0 saturated heterocycles. The molecule has 0 amide bonds. The van der Waals surface area contributed by atoms with Crippen LogP contribution in [-0.4, -0.2) is 7.85 Å². The van der Waals surface area contributed by atoms with Crippen LogP contribution >= 0.6 is 0 Å². The third kappa shape index (κ3) is 2.28. The molecule has 0 spiro atoms. The monoisotopic (exact) mass is 168 g/mol. The summed E-state index contributed by atoms with van der Waals surface area (Å²) in [6, 6.07) is 0. The summed E-state index contributed by atoms with van der Waals surface area (Å²) in [5.74, 6) is 1.55. The second-order valence-corrected chi connectivity index (χ2v) is 6.00. The van der Waals surface area contributed by atoms with E-state index in [1.54, 1.807) is 0 Å². The number of rotatable bonds is 3. The molecular weight excluding hydrogens is 143 g/mol. The zero-order chi connectivity index (χ0) is 10.2. The van der Waals surface area contributed by atoms with Gasteiger partial charge in [0.15, 0.2) is 0 Å². The molecule has 0 bridgehead atoms. The molecule has 0 saturated carbocycles. The van der Waals surface area contributed by atoms with Crippen LogP contribution in [0.4, 0.5) is 0 Å². The van der Waals surface area contributed by atoms with E-state index in [0.29, 0.717) is 10.7 Å². The second kappa shape index (κ2) is 3.43. The Balaban J connectivity index is 4.61. The summed E-state index contributed by atoms with van der Waals surface area (Å²) in [6.07, 6.45) is 0. The Morgan fingerprint density at radius 1 is 0.917 bits per heavy atom. The molecule has 0 aromatic rings. The lowest BCUT2D eigenvalue weighted by atomic mass is 9.50. The molecule has 1 heteroatoms. The predicted octanol–water partition coefficient (Wildman–Crippen LogP) is 3.14. The van der Waals surface area contributed by atoms with Crippen LogP contribution in [0.15, 0.2) is 0 Å². The topological polar surface area (TPSA) is 0 Å². The van der Waals surface area contributed by atoms with E-state index in [4.69, 9.17) is 0 Å². The van der Waals surface area contributed by atoms with Crippen molar-refractivity contribution < 1.29 is 0 Å². The Bertz CT molecular complexity index is 140. The van der Waals surface area contributed by atoms with Crippen LogP contribution in [0.3, 0.4) is 0 Å². The first-order valence-corrected chi connectivity index (χ1v) is 5.10. The van der Waals surface area contributed by atoms with Crippen molar-refractivity contribution in [2.45, 2.75) is 53.8 Å². The molecule has 72 valence electrons.